The lowest BCUT2D eigenvalue weighted by Crippen LogP contribution is -2.00. The maximum atomic E-state index is 11.1. The molecule has 12 heavy (non-hydrogen) atoms. The molecular weight excluding hydrogens is 172 g/mol. The lowest BCUT2D eigenvalue weighted by molar-refractivity contribution is 0.605. The summed E-state index contributed by atoms with van der Waals surface area (Å²) in [4.78, 5) is 0.528. The van der Waals surface area contributed by atoms with E-state index in [1.807, 2.05) is 19.1 Å². The molecule has 0 aromatic rings. The molecule has 0 bridgehead atoms. The third-order valence-corrected chi connectivity index (χ3v) is 2.98. The van der Waals surface area contributed by atoms with Crippen molar-refractivity contribution in [2.75, 3.05) is 6.26 Å². The Morgan fingerprint density at radius 1 is 1.33 bits per heavy atom. The fourth-order valence-corrected chi connectivity index (χ4v) is 1.85. The van der Waals surface area contributed by atoms with Crippen LogP contribution in [0.4, 0.5) is 0 Å². The topological polar surface area (TPSA) is 34.1 Å². The molecule has 0 aliphatic rings. The highest BCUT2D eigenvalue weighted by molar-refractivity contribution is 7.94. The van der Waals surface area contributed by atoms with Crippen LogP contribution in [-0.2, 0) is 9.84 Å². The van der Waals surface area contributed by atoms with Crippen LogP contribution in [0.15, 0.2) is 23.1 Å². The van der Waals surface area contributed by atoms with Crippen molar-refractivity contribution in [3.8, 4) is 0 Å². The summed E-state index contributed by atoms with van der Waals surface area (Å²) in [6.45, 7) is 3.68. The summed E-state index contributed by atoms with van der Waals surface area (Å²) in [7, 11) is -2.97. The van der Waals surface area contributed by atoms with Gasteiger partial charge in [-0.05, 0) is 26.7 Å². The number of allylic oxidation sites excluding steroid dienone is 4. The van der Waals surface area contributed by atoms with E-state index in [-0.39, 0.29) is 0 Å². The van der Waals surface area contributed by atoms with Crippen LogP contribution in [0.1, 0.15) is 26.7 Å². The second kappa shape index (κ2) is 5.14. The molecular formula is C9H16O2S. The first-order chi connectivity index (χ1) is 5.52. The van der Waals surface area contributed by atoms with E-state index in [9.17, 15) is 8.42 Å². The molecule has 0 saturated carbocycles. The van der Waals surface area contributed by atoms with Crippen LogP contribution in [0, 0.1) is 0 Å². The molecule has 0 aromatic carbocycles. The van der Waals surface area contributed by atoms with Gasteiger partial charge < -0.3 is 0 Å². The van der Waals surface area contributed by atoms with E-state index >= 15 is 0 Å². The highest BCUT2D eigenvalue weighted by Gasteiger charge is 2.07. The van der Waals surface area contributed by atoms with Gasteiger partial charge in [-0.2, -0.15) is 0 Å². The van der Waals surface area contributed by atoms with Crippen molar-refractivity contribution in [1.29, 1.82) is 0 Å². The normalized spacial score (nSPS) is 14.1. The summed E-state index contributed by atoms with van der Waals surface area (Å²) in [5, 5.41) is 0. The Morgan fingerprint density at radius 2 is 1.92 bits per heavy atom. The monoisotopic (exact) mass is 188 g/mol. The molecule has 0 radical (unpaired) electrons. The Labute approximate surface area is 74.9 Å². The zero-order valence-corrected chi connectivity index (χ0v) is 8.69. The van der Waals surface area contributed by atoms with Crippen molar-refractivity contribution in [2.45, 2.75) is 26.7 Å². The zero-order chi connectivity index (χ0) is 9.61. The van der Waals surface area contributed by atoms with E-state index in [0.717, 1.165) is 6.42 Å². The molecule has 3 heteroatoms. The van der Waals surface area contributed by atoms with Crippen LogP contribution in [0.5, 0.6) is 0 Å². The second-order valence-electron chi connectivity index (χ2n) is 2.63. The lowest BCUT2D eigenvalue weighted by Gasteiger charge is -2.00. The second-order valence-corrected chi connectivity index (χ2v) is 4.70. The van der Waals surface area contributed by atoms with Gasteiger partial charge in [0.1, 0.15) is 0 Å². The van der Waals surface area contributed by atoms with Gasteiger partial charge in [-0.3, -0.25) is 0 Å². The first-order valence-electron chi connectivity index (χ1n) is 3.98. The minimum atomic E-state index is -2.97. The molecule has 0 fully saturated rings. The summed E-state index contributed by atoms with van der Waals surface area (Å²) in [6.07, 6.45) is 8.21. The molecule has 70 valence electrons. The third kappa shape index (κ3) is 4.34. The average Bonchev–Trinajstić information content (AvgIpc) is 1.95. The average molecular weight is 188 g/mol. The maximum absolute atomic E-state index is 11.1. The van der Waals surface area contributed by atoms with Gasteiger partial charge in [0.15, 0.2) is 9.84 Å². The van der Waals surface area contributed by atoms with E-state index in [1.165, 1.54) is 6.26 Å². The highest BCUT2D eigenvalue weighted by atomic mass is 32.2. The summed E-state index contributed by atoms with van der Waals surface area (Å²) in [6, 6.07) is 0. The van der Waals surface area contributed by atoms with Crippen LogP contribution in [0.25, 0.3) is 0 Å². The maximum Gasteiger partial charge on any atom is 0.171 e. The SMILES string of the molecule is C/C=C\CC/C(=C\C)S(C)(=O)=O. The predicted molar refractivity (Wildman–Crippen MR) is 52.6 cm³/mol. The van der Waals surface area contributed by atoms with Gasteiger partial charge in [-0.15, -0.1) is 0 Å². The third-order valence-electron chi connectivity index (χ3n) is 1.59. The van der Waals surface area contributed by atoms with E-state index < -0.39 is 9.84 Å². The summed E-state index contributed by atoms with van der Waals surface area (Å²) in [5.41, 5.74) is 0. The Morgan fingerprint density at radius 3 is 2.25 bits per heavy atom. The molecule has 0 unspecified atom stereocenters. The van der Waals surface area contributed by atoms with E-state index in [0.29, 0.717) is 11.3 Å². The first kappa shape index (κ1) is 11.4. The molecule has 0 aromatic heterocycles. The van der Waals surface area contributed by atoms with Crippen molar-refractivity contribution < 1.29 is 8.42 Å². The number of hydrogen-bond donors (Lipinski definition) is 0. The van der Waals surface area contributed by atoms with Crippen molar-refractivity contribution in [3.05, 3.63) is 23.1 Å². The first-order valence-corrected chi connectivity index (χ1v) is 5.88. The number of rotatable bonds is 4. The number of hydrogen-bond acceptors (Lipinski definition) is 2. The van der Waals surface area contributed by atoms with Crippen molar-refractivity contribution >= 4 is 9.84 Å². The van der Waals surface area contributed by atoms with E-state index in [2.05, 4.69) is 0 Å². The van der Waals surface area contributed by atoms with Gasteiger partial charge in [-0.1, -0.05) is 18.2 Å². The molecule has 0 aliphatic heterocycles. The highest BCUT2D eigenvalue weighted by Crippen LogP contribution is 2.11. The molecule has 2 nitrogen and oxygen atoms in total. The molecule has 0 N–H and O–H groups in total. The van der Waals surface area contributed by atoms with Crippen LogP contribution in [0.3, 0.4) is 0 Å². The fourth-order valence-electron chi connectivity index (χ4n) is 0.936. The van der Waals surface area contributed by atoms with Crippen molar-refractivity contribution in [1.82, 2.24) is 0 Å². The summed E-state index contributed by atoms with van der Waals surface area (Å²) in [5.74, 6) is 0. The molecule has 0 atom stereocenters. The smallest absolute Gasteiger partial charge is 0.171 e. The fraction of sp³-hybridized carbons (Fsp3) is 0.556. The van der Waals surface area contributed by atoms with Crippen LogP contribution in [0.2, 0.25) is 0 Å². The summed E-state index contributed by atoms with van der Waals surface area (Å²) < 4.78 is 22.1. The van der Waals surface area contributed by atoms with Crippen molar-refractivity contribution in [2.24, 2.45) is 0 Å². The Bertz CT molecular complexity index is 271. The largest absolute Gasteiger partial charge is 0.224 e. The van der Waals surface area contributed by atoms with Gasteiger partial charge in [0.05, 0.1) is 0 Å². The molecule has 0 rings (SSSR count). The summed E-state index contributed by atoms with van der Waals surface area (Å²) >= 11 is 0. The van der Waals surface area contributed by atoms with Gasteiger partial charge in [-0.25, -0.2) is 8.42 Å². The molecule has 0 aliphatic carbocycles. The quantitative estimate of drug-likeness (QED) is 0.634. The Balaban J connectivity index is 4.24. The Kier molecular flexibility index (Phi) is 4.90. The molecule has 0 heterocycles. The van der Waals surface area contributed by atoms with E-state index in [4.69, 9.17) is 0 Å². The minimum Gasteiger partial charge on any atom is -0.224 e. The van der Waals surface area contributed by atoms with Gasteiger partial charge in [0.25, 0.3) is 0 Å². The molecule has 0 saturated heterocycles. The van der Waals surface area contributed by atoms with Gasteiger partial charge in [0, 0.05) is 11.2 Å². The molecule has 0 spiro atoms. The standard InChI is InChI=1S/C9H16O2S/c1-4-6-7-8-9(5-2)12(3,10)11/h4-6H,7-8H2,1-3H3/b6-4-,9-5+. The Hall–Kier alpha value is -0.570. The van der Waals surface area contributed by atoms with Gasteiger partial charge in [0.2, 0.25) is 0 Å². The van der Waals surface area contributed by atoms with Crippen LogP contribution in [-0.4, -0.2) is 14.7 Å². The predicted octanol–water partition coefficient (Wildman–Crippen LogP) is 2.29. The van der Waals surface area contributed by atoms with Crippen LogP contribution >= 0.6 is 0 Å². The minimum absolute atomic E-state index is 0.528. The van der Waals surface area contributed by atoms with Crippen LogP contribution < -0.4 is 0 Å². The molecule has 0 amide bonds. The number of sulfone groups is 1. The zero-order valence-electron chi connectivity index (χ0n) is 7.87. The van der Waals surface area contributed by atoms with Crippen molar-refractivity contribution in [3.63, 3.8) is 0 Å². The lowest BCUT2D eigenvalue weighted by atomic mass is 10.3. The van der Waals surface area contributed by atoms with E-state index in [1.54, 1.807) is 13.0 Å². The van der Waals surface area contributed by atoms with Gasteiger partial charge >= 0.3 is 0 Å².